The number of amides is 1. The van der Waals surface area contributed by atoms with E-state index in [-0.39, 0.29) is 30.2 Å². The summed E-state index contributed by atoms with van der Waals surface area (Å²) < 4.78 is 13.9. The predicted octanol–water partition coefficient (Wildman–Crippen LogP) is 2.96. The maximum absolute atomic E-state index is 13.9. The van der Waals surface area contributed by atoms with Gasteiger partial charge >= 0.3 is 0 Å². The van der Waals surface area contributed by atoms with Crippen LogP contribution in [0, 0.1) is 11.7 Å². The SMILES string of the molecule is CCC(CN)C(=O)N(Cc1c(F)cccc1Cl)C1CC1. The number of benzene rings is 1. The van der Waals surface area contributed by atoms with E-state index in [1.807, 2.05) is 6.92 Å². The number of carbonyl (C=O) groups excluding carboxylic acids is 1. The Morgan fingerprint density at radius 2 is 2.25 bits per heavy atom. The first kappa shape index (κ1) is 15.3. The molecule has 0 aliphatic heterocycles. The molecule has 2 N–H and O–H groups in total. The molecular formula is C15H20ClFN2O. The molecule has 0 radical (unpaired) electrons. The van der Waals surface area contributed by atoms with E-state index in [9.17, 15) is 9.18 Å². The molecule has 110 valence electrons. The molecular weight excluding hydrogens is 279 g/mol. The maximum Gasteiger partial charge on any atom is 0.227 e. The Labute approximate surface area is 123 Å². The molecule has 5 heteroatoms. The third kappa shape index (κ3) is 3.30. The van der Waals surface area contributed by atoms with Crippen LogP contribution in [0.3, 0.4) is 0 Å². The summed E-state index contributed by atoms with van der Waals surface area (Å²) in [5.41, 5.74) is 6.04. The number of carbonyl (C=O) groups is 1. The number of hydrogen-bond donors (Lipinski definition) is 1. The highest BCUT2D eigenvalue weighted by Crippen LogP contribution is 2.32. The third-order valence-electron chi connectivity index (χ3n) is 3.79. The highest BCUT2D eigenvalue weighted by molar-refractivity contribution is 6.31. The molecule has 1 fully saturated rings. The molecule has 1 unspecified atom stereocenters. The number of nitrogens with two attached hydrogens (primary N) is 1. The smallest absolute Gasteiger partial charge is 0.227 e. The largest absolute Gasteiger partial charge is 0.335 e. The summed E-state index contributed by atoms with van der Waals surface area (Å²) in [6.45, 7) is 2.49. The fraction of sp³-hybridized carbons (Fsp3) is 0.533. The van der Waals surface area contributed by atoms with E-state index in [2.05, 4.69) is 0 Å². The minimum Gasteiger partial charge on any atom is -0.335 e. The van der Waals surface area contributed by atoms with E-state index < -0.39 is 0 Å². The normalized spacial score (nSPS) is 16.0. The number of nitrogens with zero attached hydrogens (tertiary/aromatic N) is 1. The Bertz CT molecular complexity index is 467. The van der Waals surface area contributed by atoms with E-state index in [0.29, 0.717) is 23.6 Å². The highest BCUT2D eigenvalue weighted by atomic mass is 35.5. The van der Waals surface area contributed by atoms with Crippen molar-refractivity contribution < 1.29 is 9.18 Å². The average Bonchev–Trinajstić information content (AvgIpc) is 3.24. The molecule has 3 nitrogen and oxygen atoms in total. The van der Waals surface area contributed by atoms with E-state index in [0.717, 1.165) is 12.8 Å². The molecule has 0 aromatic heterocycles. The number of rotatable bonds is 6. The number of hydrogen-bond acceptors (Lipinski definition) is 2. The Balaban J connectivity index is 2.20. The van der Waals surface area contributed by atoms with Crippen LogP contribution in [-0.4, -0.2) is 23.4 Å². The minimum atomic E-state index is -0.364. The van der Waals surface area contributed by atoms with Gasteiger partial charge in [-0.3, -0.25) is 4.79 Å². The highest BCUT2D eigenvalue weighted by Gasteiger charge is 2.35. The van der Waals surface area contributed by atoms with Crippen LogP contribution in [0.15, 0.2) is 18.2 Å². The second-order valence-corrected chi connectivity index (χ2v) is 5.65. The summed E-state index contributed by atoms with van der Waals surface area (Å²) in [5, 5.41) is 0.365. The first-order valence-corrected chi connectivity index (χ1v) is 7.39. The summed E-state index contributed by atoms with van der Waals surface area (Å²) in [7, 11) is 0. The van der Waals surface area contributed by atoms with Crippen molar-refractivity contribution in [3.05, 3.63) is 34.6 Å². The van der Waals surface area contributed by atoms with Crippen LogP contribution in [0.1, 0.15) is 31.7 Å². The van der Waals surface area contributed by atoms with Gasteiger partial charge < -0.3 is 10.6 Å². The van der Waals surface area contributed by atoms with E-state index in [1.165, 1.54) is 6.07 Å². The molecule has 0 spiro atoms. The van der Waals surface area contributed by atoms with Gasteiger partial charge in [0.1, 0.15) is 5.82 Å². The maximum atomic E-state index is 13.9. The van der Waals surface area contributed by atoms with Crippen molar-refractivity contribution in [2.45, 2.75) is 38.8 Å². The zero-order valence-corrected chi connectivity index (χ0v) is 12.4. The van der Waals surface area contributed by atoms with Gasteiger partial charge in [0.2, 0.25) is 5.91 Å². The van der Waals surface area contributed by atoms with Crippen molar-refractivity contribution in [1.29, 1.82) is 0 Å². The lowest BCUT2D eigenvalue weighted by Gasteiger charge is -2.27. The molecule has 1 amide bonds. The van der Waals surface area contributed by atoms with Crippen LogP contribution in [-0.2, 0) is 11.3 Å². The van der Waals surface area contributed by atoms with Crippen LogP contribution in [0.2, 0.25) is 5.02 Å². The van der Waals surface area contributed by atoms with Crippen molar-refractivity contribution >= 4 is 17.5 Å². The van der Waals surface area contributed by atoms with Gasteiger partial charge in [0, 0.05) is 23.2 Å². The summed E-state index contributed by atoms with van der Waals surface area (Å²) in [6.07, 6.45) is 2.64. The standard InChI is InChI=1S/C15H20ClFN2O/c1-2-10(8-18)15(20)19(11-6-7-11)9-12-13(16)4-3-5-14(12)17/h3-5,10-11H,2,6-9,18H2,1H3. The van der Waals surface area contributed by atoms with Gasteiger partial charge in [-0.2, -0.15) is 0 Å². The Morgan fingerprint density at radius 3 is 2.75 bits per heavy atom. The first-order valence-electron chi connectivity index (χ1n) is 7.01. The van der Waals surface area contributed by atoms with Crippen LogP contribution < -0.4 is 5.73 Å². The second-order valence-electron chi connectivity index (χ2n) is 5.24. The molecule has 2 rings (SSSR count). The molecule has 20 heavy (non-hydrogen) atoms. The van der Waals surface area contributed by atoms with Gasteiger partial charge in [0.25, 0.3) is 0 Å². The van der Waals surface area contributed by atoms with Gasteiger partial charge in [-0.15, -0.1) is 0 Å². The van der Waals surface area contributed by atoms with E-state index >= 15 is 0 Å². The lowest BCUT2D eigenvalue weighted by atomic mass is 10.0. The Kier molecular flexibility index (Phi) is 5.00. The van der Waals surface area contributed by atoms with Crippen LogP contribution >= 0.6 is 11.6 Å². The molecule has 1 aliphatic rings. The molecule has 0 heterocycles. The molecule has 0 bridgehead atoms. The Morgan fingerprint density at radius 1 is 1.55 bits per heavy atom. The minimum absolute atomic E-state index is 0.0109. The van der Waals surface area contributed by atoms with Gasteiger partial charge in [-0.1, -0.05) is 24.6 Å². The summed E-state index contributed by atoms with van der Waals surface area (Å²) in [5.74, 6) is -0.547. The van der Waals surface area contributed by atoms with Gasteiger partial charge in [-0.05, 0) is 31.4 Å². The summed E-state index contributed by atoms with van der Waals surface area (Å²) in [4.78, 5) is 14.2. The van der Waals surface area contributed by atoms with E-state index in [1.54, 1.807) is 17.0 Å². The summed E-state index contributed by atoms with van der Waals surface area (Å²) in [6, 6.07) is 4.80. The van der Waals surface area contributed by atoms with Crippen molar-refractivity contribution in [1.82, 2.24) is 4.90 Å². The second kappa shape index (κ2) is 6.55. The molecule has 1 aromatic rings. The van der Waals surface area contributed by atoms with E-state index in [4.69, 9.17) is 17.3 Å². The lowest BCUT2D eigenvalue weighted by Crippen LogP contribution is -2.40. The monoisotopic (exact) mass is 298 g/mol. The average molecular weight is 299 g/mol. The van der Waals surface area contributed by atoms with Gasteiger partial charge in [0.15, 0.2) is 0 Å². The molecule has 0 saturated heterocycles. The van der Waals surface area contributed by atoms with Crippen molar-refractivity contribution in [3.63, 3.8) is 0 Å². The molecule has 1 aliphatic carbocycles. The van der Waals surface area contributed by atoms with Crippen LogP contribution in [0.25, 0.3) is 0 Å². The van der Waals surface area contributed by atoms with Crippen molar-refractivity contribution in [2.24, 2.45) is 11.7 Å². The lowest BCUT2D eigenvalue weighted by molar-refractivity contribution is -0.136. The van der Waals surface area contributed by atoms with Gasteiger partial charge in [-0.25, -0.2) is 4.39 Å². The predicted molar refractivity (Wildman–Crippen MR) is 77.8 cm³/mol. The third-order valence-corrected chi connectivity index (χ3v) is 4.14. The number of halogens is 2. The Hall–Kier alpha value is -1.13. The quantitative estimate of drug-likeness (QED) is 0.877. The summed E-state index contributed by atoms with van der Waals surface area (Å²) >= 11 is 6.05. The topological polar surface area (TPSA) is 46.3 Å². The van der Waals surface area contributed by atoms with Crippen molar-refractivity contribution in [3.8, 4) is 0 Å². The van der Waals surface area contributed by atoms with Crippen LogP contribution in [0.5, 0.6) is 0 Å². The molecule has 1 saturated carbocycles. The van der Waals surface area contributed by atoms with Gasteiger partial charge in [0.05, 0.1) is 12.5 Å². The zero-order chi connectivity index (χ0) is 14.7. The van der Waals surface area contributed by atoms with Crippen molar-refractivity contribution in [2.75, 3.05) is 6.54 Å². The first-order chi connectivity index (χ1) is 9.58. The fourth-order valence-electron chi connectivity index (χ4n) is 2.30. The zero-order valence-electron chi connectivity index (χ0n) is 11.6. The molecule has 1 aromatic carbocycles. The molecule has 1 atom stereocenters. The fourth-order valence-corrected chi connectivity index (χ4v) is 2.53. The van der Waals surface area contributed by atoms with Crippen LogP contribution in [0.4, 0.5) is 4.39 Å².